The highest BCUT2D eigenvalue weighted by atomic mass is 79.9. The van der Waals surface area contributed by atoms with Gasteiger partial charge in [-0.2, -0.15) is 5.26 Å². The van der Waals surface area contributed by atoms with E-state index in [1.807, 2.05) is 6.07 Å². The zero-order valence-electron chi connectivity index (χ0n) is 15.7. The predicted octanol–water partition coefficient (Wildman–Crippen LogP) is 2.88. The Bertz CT molecular complexity index is 981. The first-order valence-electron chi connectivity index (χ1n) is 8.23. The molecule has 0 saturated heterocycles. The third kappa shape index (κ3) is 5.99. The van der Waals surface area contributed by atoms with E-state index >= 15 is 0 Å². The molecule has 0 aliphatic carbocycles. The lowest BCUT2D eigenvalue weighted by Crippen LogP contribution is -2.20. The quantitative estimate of drug-likeness (QED) is 0.461. The Morgan fingerprint density at radius 3 is 2.45 bits per heavy atom. The standard InChI is InChI=1S/C20H18BrN3O5/c1-27-15-5-3-14(4-6-15)24-20(26)13(10-22)7-12-8-16(21)19(17(9-12)28-2)29-11-18(23)25/h3-9H,11H2,1-2H3,(H2,23,25)(H,24,26)/b13-7+. The van der Waals surface area contributed by atoms with Gasteiger partial charge in [-0.05, 0) is 64.0 Å². The molecule has 2 rings (SSSR count). The van der Waals surface area contributed by atoms with Crippen molar-refractivity contribution in [2.45, 2.75) is 0 Å². The minimum Gasteiger partial charge on any atom is -0.497 e. The van der Waals surface area contributed by atoms with Gasteiger partial charge in [0, 0.05) is 5.69 Å². The Morgan fingerprint density at radius 1 is 1.21 bits per heavy atom. The molecule has 2 aromatic rings. The van der Waals surface area contributed by atoms with E-state index in [1.165, 1.54) is 13.2 Å². The molecule has 0 saturated carbocycles. The number of hydrogen-bond acceptors (Lipinski definition) is 6. The van der Waals surface area contributed by atoms with Crippen LogP contribution in [0, 0.1) is 11.3 Å². The van der Waals surface area contributed by atoms with Crippen LogP contribution in [0.15, 0.2) is 46.4 Å². The lowest BCUT2D eigenvalue weighted by atomic mass is 10.1. The lowest BCUT2D eigenvalue weighted by Gasteiger charge is -2.12. The number of nitriles is 1. The first kappa shape index (κ1) is 21.8. The van der Waals surface area contributed by atoms with E-state index in [1.54, 1.807) is 43.5 Å². The largest absolute Gasteiger partial charge is 0.497 e. The average molecular weight is 460 g/mol. The normalized spacial score (nSPS) is 10.6. The van der Waals surface area contributed by atoms with Gasteiger partial charge in [-0.3, -0.25) is 9.59 Å². The number of methoxy groups -OCH3 is 2. The first-order valence-corrected chi connectivity index (χ1v) is 9.03. The van der Waals surface area contributed by atoms with Crippen LogP contribution in [0.2, 0.25) is 0 Å². The maximum Gasteiger partial charge on any atom is 0.266 e. The van der Waals surface area contributed by atoms with Crippen molar-refractivity contribution in [3.05, 3.63) is 52.0 Å². The fraction of sp³-hybridized carbons (Fsp3) is 0.150. The van der Waals surface area contributed by atoms with Crippen LogP contribution in [-0.4, -0.2) is 32.6 Å². The van der Waals surface area contributed by atoms with Crippen LogP contribution >= 0.6 is 15.9 Å². The maximum absolute atomic E-state index is 12.4. The van der Waals surface area contributed by atoms with E-state index in [0.717, 1.165) is 0 Å². The number of benzene rings is 2. The molecule has 0 spiro atoms. The Kier molecular flexibility index (Phi) is 7.62. The summed E-state index contributed by atoms with van der Waals surface area (Å²) in [5, 5.41) is 12.0. The maximum atomic E-state index is 12.4. The summed E-state index contributed by atoms with van der Waals surface area (Å²) >= 11 is 3.32. The molecular formula is C20H18BrN3O5. The van der Waals surface area contributed by atoms with E-state index in [2.05, 4.69) is 21.2 Å². The Morgan fingerprint density at radius 2 is 1.90 bits per heavy atom. The molecule has 0 bridgehead atoms. The van der Waals surface area contributed by atoms with Crippen LogP contribution in [-0.2, 0) is 9.59 Å². The minimum atomic E-state index is -0.634. The van der Waals surface area contributed by atoms with Gasteiger partial charge in [0.15, 0.2) is 18.1 Å². The minimum absolute atomic E-state index is 0.111. The van der Waals surface area contributed by atoms with Crippen molar-refractivity contribution in [3.8, 4) is 23.3 Å². The van der Waals surface area contributed by atoms with Gasteiger partial charge < -0.3 is 25.3 Å². The number of anilines is 1. The highest BCUT2D eigenvalue weighted by Crippen LogP contribution is 2.37. The molecule has 9 heteroatoms. The Balaban J connectivity index is 2.26. The Labute approximate surface area is 176 Å². The molecular weight excluding hydrogens is 442 g/mol. The van der Waals surface area contributed by atoms with Gasteiger partial charge in [-0.15, -0.1) is 0 Å². The summed E-state index contributed by atoms with van der Waals surface area (Å²) in [4.78, 5) is 23.4. The average Bonchev–Trinajstić information content (AvgIpc) is 2.71. The highest BCUT2D eigenvalue weighted by Gasteiger charge is 2.15. The molecule has 3 N–H and O–H groups in total. The lowest BCUT2D eigenvalue weighted by molar-refractivity contribution is -0.120. The summed E-state index contributed by atoms with van der Waals surface area (Å²) in [5.41, 5.74) is 6.02. The highest BCUT2D eigenvalue weighted by molar-refractivity contribution is 9.10. The topological polar surface area (TPSA) is 124 Å². The number of nitrogens with two attached hydrogens (primary N) is 1. The van der Waals surface area contributed by atoms with Gasteiger partial charge in [-0.1, -0.05) is 0 Å². The smallest absolute Gasteiger partial charge is 0.266 e. The van der Waals surface area contributed by atoms with Gasteiger partial charge in [0.05, 0.1) is 18.7 Å². The number of amides is 2. The van der Waals surface area contributed by atoms with Crippen molar-refractivity contribution in [1.29, 1.82) is 5.26 Å². The van der Waals surface area contributed by atoms with Crippen molar-refractivity contribution in [2.75, 3.05) is 26.1 Å². The van der Waals surface area contributed by atoms with Crippen LogP contribution in [0.25, 0.3) is 6.08 Å². The summed E-state index contributed by atoms with van der Waals surface area (Å²) in [5.74, 6) is 0.0331. The number of nitrogens with one attached hydrogen (secondary N) is 1. The van der Waals surface area contributed by atoms with Gasteiger partial charge in [0.2, 0.25) is 0 Å². The molecule has 2 amide bonds. The monoisotopic (exact) mass is 459 g/mol. The van der Waals surface area contributed by atoms with Crippen LogP contribution in [0.3, 0.4) is 0 Å². The van der Waals surface area contributed by atoms with Crippen molar-refractivity contribution in [3.63, 3.8) is 0 Å². The van der Waals surface area contributed by atoms with Crippen LogP contribution in [0.5, 0.6) is 17.2 Å². The van der Waals surface area contributed by atoms with Gasteiger partial charge >= 0.3 is 0 Å². The third-order valence-corrected chi connectivity index (χ3v) is 4.22. The van der Waals surface area contributed by atoms with Crippen molar-refractivity contribution in [2.24, 2.45) is 5.73 Å². The number of rotatable bonds is 8. The summed E-state index contributed by atoms with van der Waals surface area (Å²) in [6.07, 6.45) is 1.41. The number of ether oxygens (including phenoxy) is 3. The van der Waals surface area contributed by atoms with Crippen LogP contribution < -0.4 is 25.3 Å². The molecule has 0 unspecified atom stereocenters. The molecule has 8 nitrogen and oxygen atoms in total. The Hall–Kier alpha value is -3.51. The van der Waals surface area contributed by atoms with E-state index in [-0.39, 0.29) is 17.9 Å². The summed E-state index contributed by atoms with van der Waals surface area (Å²) < 4.78 is 16.1. The second kappa shape index (κ2) is 10.1. The number of nitrogens with zero attached hydrogens (tertiary/aromatic N) is 1. The molecule has 150 valence electrons. The molecule has 29 heavy (non-hydrogen) atoms. The molecule has 0 heterocycles. The number of halogens is 1. The zero-order chi connectivity index (χ0) is 21.4. The fourth-order valence-corrected chi connectivity index (χ4v) is 2.87. The molecule has 0 aliphatic rings. The third-order valence-electron chi connectivity index (χ3n) is 3.63. The summed E-state index contributed by atoms with van der Waals surface area (Å²) in [6, 6.07) is 11.8. The van der Waals surface area contributed by atoms with E-state index in [9.17, 15) is 14.9 Å². The molecule has 0 aromatic heterocycles. The van der Waals surface area contributed by atoms with E-state index in [4.69, 9.17) is 19.9 Å². The second-order valence-corrected chi connectivity index (χ2v) is 6.50. The number of primary amides is 1. The summed E-state index contributed by atoms with van der Waals surface area (Å²) in [7, 11) is 2.97. The number of hydrogen-bond donors (Lipinski definition) is 2. The second-order valence-electron chi connectivity index (χ2n) is 5.64. The van der Waals surface area contributed by atoms with E-state index in [0.29, 0.717) is 27.2 Å². The zero-order valence-corrected chi connectivity index (χ0v) is 17.3. The van der Waals surface area contributed by atoms with Gasteiger partial charge in [0.1, 0.15) is 17.4 Å². The molecule has 0 radical (unpaired) electrons. The SMILES string of the molecule is COc1ccc(NC(=O)/C(C#N)=C/c2cc(Br)c(OCC(N)=O)c(OC)c2)cc1. The number of carbonyl (C=O) groups is 2. The molecule has 0 aliphatic heterocycles. The molecule has 2 aromatic carbocycles. The van der Waals surface area contributed by atoms with Gasteiger partial charge in [0.25, 0.3) is 11.8 Å². The van der Waals surface area contributed by atoms with Crippen molar-refractivity contribution in [1.82, 2.24) is 0 Å². The fourth-order valence-electron chi connectivity index (χ4n) is 2.29. The van der Waals surface area contributed by atoms with Crippen LogP contribution in [0.4, 0.5) is 5.69 Å². The summed E-state index contributed by atoms with van der Waals surface area (Å²) in [6.45, 7) is -0.322. The van der Waals surface area contributed by atoms with Crippen LogP contribution in [0.1, 0.15) is 5.56 Å². The number of carbonyl (C=O) groups excluding carboxylic acids is 2. The predicted molar refractivity (Wildman–Crippen MR) is 111 cm³/mol. The molecule has 0 fully saturated rings. The van der Waals surface area contributed by atoms with Gasteiger partial charge in [-0.25, -0.2) is 0 Å². The first-order chi connectivity index (χ1) is 13.9. The van der Waals surface area contributed by atoms with E-state index < -0.39 is 11.8 Å². The van der Waals surface area contributed by atoms with Crippen molar-refractivity contribution >= 4 is 39.5 Å². The molecule has 0 atom stereocenters. The van der Waals surface area contributed by atoms with Crippen molar-refractivity contribution < 1.29 is 23.8 Å².